The number of fused-ring (bicyclic) bond motifs is 1. The molecule has 4 rings (SSSR count). The molecule has 0 radical (unpaired) electrons. The molecular formula is C22H22ClN5. The van der Waals surface area contributed by atoms with Crippen LogP contribution in [0.15, 0.2) is 42.5 Å². The quantitative estimate of drug-likeness (QED) is 0.676. The maximum Gasteiger partial charge on any atom is 0.234 e. The Balaban J connectivity index is 1.61. The van der Waals surface area contributed by atoms with Crippen LogP contribution in [-0.2, 0) is 6.42 Å². The minimum Gasteiger partial charge on any atom is -0.372 e. The van der Waals surface area contributed by atoms with Crippen LogP contribution in [-0.4, -0.2) is 29.6 Å². The van der Waals surface area contributed by atoms with E-state index >= 15 is 0 Å². The number of aromatic nitrogens is 2. The molecule has 3 aromatic rings. The Hall–Kier alpha value is -2.84. The molecule has 6 heteroatoms. The van der Waals surface area contributed by atoms with Crippen LogP contribution in [0.25, 0.3) is 10.9 Å². The summed E-state index contributed by atoms with van der Waals surface area (Å²) in [5, 5.41) is 14.4. The number of hydrogen-bond donors (Lipinski definition) is 1. The van der Waals surface area contributed by atoms with Gasteiger partial charge in [-0.1, -0.05) is 29.8 Å². The average molecular weight is 392 g/mol. The van der Waals surface area contributed by atoms with Crippen molar-refractivity contribution < 1.29 is 0 Å². The fourth-order valence-corrected chi connectivity index (χ4v) is 3.90. The van der Waals surface area contributed by atoms with Gasteiger partial charge in [0.05, 0.1) is 5.52 Å². The molecule has 1 fully saturated rings. The number of anilines is 2. The third-order valence-electron chi connectivity index (χ3n) is 5.15. The fraction of sp³-hybridized carbons (Fsp3) is 0.318. The molecule has 0 atom stereocenters. The van der Waals surface area contributed by atoms with Gasteiger partial charge in [0.1, 0.15) is 11.9 Å². The second-order valence-corrected chi connectivity index (χ2v) is 7.43. The van der Waals surface area contributed by atoms with Crippen LogP contribution in [0.5, 0.6) is 0 Å². The Bertz CT molecular complexity index is 1020. The molecule has 0 amide bonds. The standard InChI is InChI=1S/C22H22ClN5/c23-19-7-3-2-6-16(19)10-11-25-22-18-14-17(28-12-4-1-5-13-28)8-9-20(18)26-21(15-24)27-22/h2-3,6-9,14H,1,4-5,10-13H2,(H,25,26,27). The molecule has 28 heavy (non-hydrogen) atoms. The maximum atomic E-state index is 9.29. The van der Waals surface area contributed by atoms with Gasteiger partial charge in [0.15, 0.2) is 0 Å². The first-order valence-electron chi connectivity index (χ1n) is 9.69. The van der Waals surface area contributed by atoms with E-state index in [9.17, 15) is 5.26 Å². The molecule has 0 unspecified atom stereocenters. The first-order chi connectivity index (χ1) is 13.7. The highest BCUT2D eigenvalue weighted by molar-refractivity contribution is 6.31. The summed E-state index contributed by atoms with van der Waals surface area (Å²) in [7, 11) is 0. The number of benzene rings is 2. The van der Waals surface area contributed by atoms with Crippen molar-refractivity contribution in [2.24, 2.45) is 0 Å². The largest absolute Gasteiger partial charge is 0.372 e. The Morgan fingerprint density at radius 1 is 1.07 bits per heavy atom. The highest BCUT2D eigenvalue weighted by atomic mass is 35.5. The Morgan fingerprint density at radius 2 is 1.89 bits per heavy atom. The molecule has 0 aliphatic carbocycles. The van der Waals surface area contributed by atoms with Crippen molar-refractivity contribution >= 4 is 34.0 Å². The zero-order chi connectivity index (χ0) is 19.3. The number of rotatable bonds is 5. The third kappa shape index (κ3) is 4.02. The lowest BCUT2D eigenvalue weighted by Gasteiger charge is -2.29. The number of nitriles is 1. The molecule has 1 saturated heterocycles. The molecule has 2 heterocycles. The highest BCUT2D eigenvalue weighted by Gasteiger charge is 2.14. The van der Waals surface area contributed by atoms with E-state index in [1.807, 2.05) is 30.3 Å². The second kappa shape index (κ2) is 8.45. The molecule has 142 valence electrons. The molecule has 1 aromatic heterocycles. The van der Waals surface area contributed by atoms with Gasteiger partial charge in [0.25, 0.3) is 0 Å². The molecule has 0 saturated carbocycles. The molecule has 5 nitrogen and oxygen atoms in total. The Labute approximate surface area is 170 Å². The average Bonchev–Trinajstić information content (AvgIpc) is 2.75. The zero-order valence-electron chi connectivity index (χ0n) is 15.7. The van der Waals surface area contributed by atoms with Crippen LogP contribution in [0.3, 0.4) is 0 Å². The zero-order valence-corrected chi connectivity index (χ0v) is 16.4. The summed E-state index contributed by atoms with van der Waals surface area (Å²) >= 11 is 6.25. The minimum absolute atomic E-state index is 0.179. The second-order valence-electron chi connectivity index (χ2n) is 7.02. The Morgan fingerprint density at radius 3 is 2.68 bits per heavy atom. The van der Waals surface area contributed by atoms with E-state index in [1.165, 1.54) is 24.9 Å². The van der Waals surface area contributed by atoms with Gasteiger partial charge in [-0.15, -0.1) is 0 Å². The van der Waals surface area contributed by atoms with E-state index in [0.717, 1.165) is 41.0 Å². The van der Waals surface area contributed by atoms with Crippen LogP contribution in [0.4, 0.5) is 11.5 Å². The summed E-state index contributed by atoms with van der Waals surface area (Å²) in [6, 6.07) is 16.1. The van der Waals surface area contributed by atoms with Crippen molar-refractivity contribution in [1.29, 1.82) is 5.26 Å². The van der Waals surface area contributed by atoms with Gasteiger partial charge in [0, 0.05) is 35.7 Å². The van der Waals surface area contributed by atoms with Gasteiger partial charge in [-0.3, -0.25) is 0 Å². The SMILES string of the molecule is N#Cc1nc(NCCc2ccccc2Cl)c2cc(N3CCCCC3)ccc2n1. The number of hydrogen-bond acceptors (Lipinski definition) is 5. The van der Waals surface area contributed by atoms with Crippen LogP contribution in [0.2, 0.25) is 5.02 Å². The smallest absolute Gasteiger partial charge is 0.234 e. The summed E-state index contributed by atoms with van der Waals surface area (Å²) in [6.07, 6.45) is 4.53. The molecule has 2 aromatic carbocycles. The molecule has 1 aliphatic rings. The summed E-state index contributed by atoms with van der Waals surface area (Å²) < 4.78 is 0. The predicted octanol–water partition coefficient (Wildman–Crippen LogP) is 4.80. The Kier molecular flexibility index (Phi) is 5.59. The van der Waals surface area contributed by atoms with E-state index in [-0.39, 0.29) is 5.82 Å². The first-order valence-corrected chi connectivity index (χ1v) is 10.1. The van der Waals surface area contributed by atoms with E-state index in [1.54, 1.807) is 0 Å². The van der Waals surface area contributed by atoms with Crippen molar-refractivity contribution in [1.82, 2.24) is 9.97 Å². The van der Waals surface area contributed by atoms with Gasteiger partial charge in [-0.25, -0.2) is 9.97 Å². The van der Waals surface area contributed by atoms with E-state index < -0.39 is 0 Å². The summed E-state index contributed by atoms with van der Waals surface area (Å²) in [5.74, 6) is 0.880. The topological polar surface area (TPSA) is 64.8 Å². The number of nitrogens with one attached hydrogen (secondary N) is 1. The van der Waals surface area contributed by atoms with Crippen molar-refractivity contribution in [3.8, 4) is 6.07 Å². The molecule has 1 N–H and O–H groups in total. The number of piperidine rings is 1. The molecule has 1 aliphatic heterocycles. The highest BCUT2D eigenvalue weighted by Crippen LogP contribution is 2.28. The fourth-order valence-electron chi connectivity index (χ4n) is 3.67. The van der Waals surface area contributed by atoms with Crippen molar-refractivity contribution in [2.75, 3.05) is 29.9 Å². The van der Waals surface area contributed by atoms with Crippen molar-refractivity contribution in [3.05, 3.63) is 58.9 Å². The van der Waals surface area contributed by atoms with Crippen LogP contribution in [0, 0.1) is 11.3 Å². The van der Waals surface area contributed by atoms with Gasteiger partial charge < -0.3 is 10.2 Å². The van der Waals surface area contributed by atoms with Crippen molar-refractivity contribution in [2.45, 2.75) is 25.7 Å². The monoisotopic (exact) mass is 391 g/mol. The summed E-state index contributed by atoms with van der Waals surface area (Å²) in [6.45, 7) is 2.84. The maximum absolute atomic E-state index is 9.29. The summed E-state index contributed by atoms with van der Waals surface area (Å²) in [4.78, 5) is 11.2. The molecule has 0 bridgehead atoms. The van der Waals surface area contributed by atoms with E-state index in [0.29, 0.717) is 12.4 Å². The lowest BCUT2D eigenvalue weighted by atomic mass is 10.1. The van der Waals surface area contributed by atoms with Crippen LogP contribution >= 0.6 is 11.6 Å². The van der Waals surface area contributed by atoms with E-state index in [2.05, 4.69) is 38.4 Å². The van der Waals surface area contributed by atoms with Gasteiger partial charge in [-0.2, -0.15) is 5.26 Å². The van der Waals surface area contributed by atoms with Crippen LogP contribution in [0.1, 0.15) is 30.7 Å². The molecule has 0 spiro atoms. The van der Waals surface area contributed by atoms with Gasteiger partial charge in [0.2, 0.25) is 5.82 Å². The van der Waals surface area contributed by atoms with E-state index in [4.69, 9.17) is 11.6 Å². The number of nitrogens with zero attached hydrogens (tertiary/aromatic N) is 4. The first kappa shape index (κ1) is 18.5. The minimum atomic E-state index is 0.179. The normalized spacial score (nSPS) is 14.1. The molecular weight excluding hydrogens is 370 g/mol. The number of halogens is 1. The summed E-state index contributed by atoms with van der Waals surface area (Å²) in [5.41, 5.74) is 3.06. The lowest BCUT2D eigenvalue weighted by Crippen LogP contribution is -2.29. The lowest BCUT2D eigenvalue weighted by molar-refractivity contribution is 0.578. The van der Waals surface area contributed by atoms with Crippen molar-refractivity contribution in [3.63, 3.8) is 0 Å². The van der Waals surface area contributed by atoms with Gasteiger partial charge in [-0.05, 0) is 55.5 Å². The van der Waals surface area contributed by atoms with Gasteiger partial charge >= 0.3 is 0 Å². The predicted molar refractivity (Wildman–Crippen MR) is 114 cm³/mol. The van der Waals surface area contributed by atoms with Crippen LogP contribution < -0.4 is 10.2 Å². The third-order valence-corrected chi connectivity index (χ3v) is 5.51.